The molecule has 11 nitrogen and oxygen atoms in total. The van der Waals surface area contributed by atoms with Gasteiger partial charge >= 0.3 is 11.8 Å². The van der Waals surface area contributed by atoms with E-state index in [1.807, 2.05) is 6.92 Å². The SMILES string of the molecule is CCOc1ccc(NC(=O)COc2c(/C=N\NC(=O)C(=O)Nc3ccccc3OC)cccc2OC)cc1. The van der Waals surface area contributed by atoms with Crippen molar-refractivity contribution in [3.8, 4) is 23.0 Å². The van der Waals surface area contributed by atoms with E-state index in [4.69, 9.17) is 18.9 Å². The molecule has 0 atom stereocenters. The largest absolute Gasteiger partial charge is 0.495 e. The molecule has 38 heavy (non-hydrogen) atoms. The van der Waals surface area contributed by atoms with Crippen LogP contribution in [0.25, 0.3) is 0 Å². The molecular weight excluding hydrogens is 492 g/mol. The third-order valence-corrected chi connectivity index (χ3v) is 4.96. The number of carbonyl (C=O) groups is 3. The maximum absolute atomic E-state index is 12.4. The Balaban J connectivity index is 1.60. The van der Waals surface area contributed by atoms with Crippen molar-refractivity contribution in [3.63, 3.8) is 0 Å². The van der Waals surface area contributed by atoms with Crippen LogP contribution >= 0.6 is 0 Å². The Kier molecular flexibility index (Phi) is 10.1. The van der Waals surface area contributed by atoms with Crippen LogP contribution in [0.2, 0.25) is 0 Å². The lowest BCUT2D eigenvalue weighted by atomic mass is 10.2. The molecule has 3 amide bonds. The van der Waals surface area contributed by atoms with Crippen LogP contribution in [0, 0.1) is 0 Å². The van der Waals surface area contributed by atoms with Gasteiger partial charge in [0.1, 0.15) is 11.5 Å². The van der Waals surface area contributed by atoms with Crippen LogP contribution in [0.5, 0.6) is 23.0 Å². The Labute approximate surface area is 219 Å². The van der Waals surface area contributed by atoms with Gasteiger partial charge in [-0.25, -0.2) is 5.43 Å². The molecule has 0 unspecified atom stereocenters. The average molecular weight is 521 g/mol. The van der Waals surface area contributed by atoms with E-state index in [0.29, 0.717) is 40.8 Å². The summed E-state index contributed by atoms with van der Waals surface area (Å²) in [4.78, 5) is 36.8. The van der Waals surface area contributed by atoms with Crippen LogP contribution in [0.4, 0.5) is 11.4 Å². The fourth-order valence-electron chi connectivity index (χ4n) is 3.22. The third kappa shape index (κ3) is 7.72. The first-order valence-electron chi connectivity index (χ1n) is 11.5. The van der Waals surface area contributed by atoms with Crippen molar-refractivity contribution in [1.82, 2.24) is 5.43 Å². The Morgan fingerprint density at radius 3 is 2.24 bits per heavy atom. The fourth-order valence-corrected chi connectivity index (χ4v) is 3.22. The lowest BCUT2D eigenvalue weighted by Crippen LogP contribution is -2.32. The predicted octanol–water partition coefficient (Wildman–Crippen LogP) is 3.21. The summed E-state index contributed by atoms with van der Waals surface area (Å²) in [6.45, 7) is 2.12. The molecule has 0 spiro atoms. The minimum absolute atomic E-state index is 0.230. The number of carbonyl (C=O) groups excluding carboxylic acids is 3. The highest BCUT2D eigenvalue weighted by atomic mass is 16.5. The van der Waals surface area contributed by atoms with Crippen LogP contribution in [0.1, 0.15) is 12.5 Å². The molecule has 0 fully saturated rings. The summed E-state index contributed by atoms with van der Waals surface area (Å²) in [6, 6.07) is 18.6. The molecule has 11 heteroatoms. The normalized spacial score (nSPS) is 10.4. The standard InChI is InChI=1S/C27H28N4O7/c1-4-37-20-14-12-19(13-15-20)29-24(32)17-38-25-18(8-7-11-23(25)36-3)16-28-31-27(34)26(33)30-21-9-5-6-10-22(21)35-2/h5-16H,4,17H2,1-3H3,(H,29,32)(H,30,33)(H,31,34)/b28-16-. The highest BCUT2D eigenvalue weighted by Crippen LogP contribution is 2.30. The first-order chi connectivity index (χ1) is 18.4. The van der Waals surface area contributed by atoms with Crippen molar-refractivity contribution in [1.29, 1.82) is 0 Å². The number of para-hydroxylation sites is 3. The summed E-state index contributed by atoms with van der Waals surface area (Å²) in [5.74, 6) is -0.640. The highest BCUT2D eigenvalue weighted by molar-refractivity contribution is 6.39. The van der Waals surface area contributed by atoms with E-state index < -0.39 is 17.7 Å². The number of hydrogen-bond donors (Lipinski definition) is 3. The van der Waals surface area contributed by atoms with E-state index in [1.54, 1.807) is 66.7 Å². The molecule has 0 saturated carbocycles. The van der Waals surface area contributed by atoms with Gasteiger partial charge in [0.05, 0.1) is 32.7 Å². The molecule has 3 aromatic carbocycles. The monoisotopic (exact) mass is 520 g/mol. The second-order valence-electron chi connectivity index (χ2n) is 7.53. The summed E-state index contributed by atoms with van der Waals surface area (Å²) in [7, 11) is 2.90. The average Bonchev–Trinajstić information content (AvgIpc) is 2.93. The van der Waals surface area contributed by atoms with Gasteiger partial charge in [0.15, 0.2) is 18.1 Å². The number of hydrazone groups is 1. The van der Waals surface area contributed by atoms with Crippen LogP contribution < -0.4 is 35.0 Å². The number of anilines is 2. The number of hydrogen-bond acceptors (Lipinski definition) is 8. The molecule has 0 heterocycles. The fraction of sp³-hybridized carbons (Fsp3) is 0.185. The molecule has 0 bridgehead atoms. The van der Waals surface area contributed by atoms with Gasteiger partial charge in [0.2, 0.25) is 0 Å². The molecule has 0 saturated heterocycles. The maximum Gasteiger partial charge on any atom is 0.329 e. The zero-order valence-corrected chi connectivity index (χ0v) is 21.1. The number of ether oxygens (including phenoxy) is 4. The first-order valence-corrected chi connectivity index (χ1v) is 11.5. The van der Waals surface area contributed by atoms with Crippen molar-refractivity contribution in [2.75, 3.05) is 38.1 Å². The van der Waals surface area contributed by atoms with Crippen LogP contribution in [-0.4, -0.2) is 51.4 Å². The zero-order valence-electron chi connectivity index (χ0n) is 21.1. The van der Waals surface area contributed by atoms with Gasteiger partial charge in [-0.2, -0.15) is 5.10 Å². The third-order valence-electron chi connectivity index (χ3n) is 4.96. The summed E-state index contributed by atoms with van der Waals surface area (Å²) in [5, 5.41) is 9.02. The first kappa shape index (κ1) is 27.5. The van der Waals surface area contributed by atoms with Gasteiger partial charge in [0.25, 0.3) is 5.91 Å². The van der Waals surface area contributed by atoms with E-state index in [0.717, 1.165) is 0 Å². The minimum atomic E-state index is -0.993. The minimum Gasteiger partial charge on any atom is -0.495 e. The quantitative estimate of drug-likeness (QED) is 0.201. The van der Waals surface area contributed by atoms with Gasteiger partial charge < -0.3 is 29.6 Å². The summed E-state index contributed by atoms with van der Waals surface area (Å²) >= 11 is 0. The van der Waals surface area contributed by atoms with E-state index >= 15 is 0 Å². The van der Waals surface area contributed by atoms with Gasteiger partial charge in [-0.15, -0.1) is 0 Å². The van der Waals surface area contributed by atoms with Crippen molar-refractivity contribution in [3.05, 3.63) is 72.3 Å². The lowest BCUT2D eigenvalue weighted by Gasteiger charge is -2.13. The van der Waals surface area contributed by atoms with Gasteiger partial charge in [-0.05, 0) is 55.5 Å². The van der Waals surface area contributed by atoms with Gasteiger partial charge in [0, 0.05) is 11.3 Å². The smallest absolute Gasteiger partial charge is 0.329 e. The molecule has 0 aliphatic rings. The molecule has 198 valence electrons. The maximum atomic E-state index is 12.4. The molecule has 3 rings (SSSR count). The second kappa shape index (κ2) is 13.9. The van der Waals surface area contributed by atoms with Crippen LogP contribution in [0.15, 0.2) is 71.8 Å². The predicted molar refractivity (Wildman–Crippen MR) is 142 cm³/mol. The van der Waals surface area contributed by atoms with Crippen LogP contribution in [0.3, 0.4) is 0 Å². The number of rotatable bonds is 11. The number of methoxy groups -OCH3 is 2. The summed E-state index contributed by atoms with van der Waals surface area (Å²) in [5.41, 5.74) is 3.48. The Bertz CT molecular complexity index is 1290. The van der Waals surface area contributed by atoms with Crippen molar-refractivity contribution >= 4 is 35.3 Å². The van der Waals surface area contributed by atoms with Crippen LogP contribution in [-0.2, 0) is 14.4 Å². The second-order valence-corrected chi connectivity index (χ2v) is 7.53. The zero-order chi connectivity index (χ0) is 27.3. The van der Waals surface area contributed by atoms with E-state index in [1.165, 1.54) is 20.4 Å². The Morgan fingerprint density at radius 1 is 0.816 bits per heavy atom. The number of nitrogens with zero attached hydrogens (tertiary/aromatic N) is 1. The molecular formula is C27H28N4O7. The Hall–Kier alpha value is -5.06. The number of benzene rings is 3. The summed E-state index contributed by atoms with van der Waals surface area (Å²) in [6.07, 6.45) is 1.27. The molecule has 0 radical (unpaired) electrons. The number of nitrogens with one attached hydrogen (secondary N) is 3. The van der Waals surface area contributed by atoms with Crippen molar-refractivity contribution in [2.24, 2.45) is 5.10 Å². The highest BCUT2D eigenvalue weighted by Gasteiger charge is 2.16. The molecule has 0 aromatic heterocycles. The molecule has 0 aliphatic carbocycles. The van der Waals surface area contributed by atoms with Gasteiger partial charge in [-0.3, -0.25) is 14.4 Å². The molecule has 3 aromatic rings. The van der Waals surface area contributed by atoms with E-state index in [-0.39, 0.29) is 12.4 Å². The van der Waals surface area contributed by atoms with E-state index in [9.17, 15) is 14.4 Å². The Morgan fingerprint density at radius 2 is 1.53 bits per heavy atom. The molecule has 3 N–H and O–H groups in total. The van der Waals surface area contributed by atoms with Crippen molar-refractivity contribution in [2.45, 2.75) is 6.92 Å². The van der Waals surface area contributed by atoms with Gasteiger partial charge in [-0.1, -0.05) is 18.2 Å². The number of amides is 3. The summed E-state index contributed by atoms with van der Waals surface area (Å²) < 4.78 is 21.6. The molecule has 0 aliphatic heterocycles. The van der Waals surface area contributed by atoms with E-state index in [2.05, 4.69) is 21.2 Å². The van der Waals surface area contributed by atoms with Crippen molar-refractivity contribution < 1.29 is 33.3 Å². The topological polar surface area (TPSA) is 137 Å². The lowest BCUT2D eigenvalue weighted by molar-refractivity contribution is -0.136.